The normalized spacial score (nSPS) is 19.5. The molecule has 0 radical (unpaired) electrons. The fourth-order valence-electron chi connectivity index (χ4n) is 4.06. The van der Waals surface area contributed by atoms with E-state index in [1.54, 1.807) is 0 Å². The SMILES string of the molecule is O=C(c1c(Cl)cccc1C(F)(F)F)n1nc(N2CCC(C(O)O)C(O)C2)c2c(F)cccc21. The molecule has 2 aromatic carbocycles. The first-order valence-corrected chi connectivity index (χ1v) is 10.2. The number of anilines is 1. The monoisotopic (exact) mass is 487 g/mol. The summed E-state index contributed by atoms with van der Waals surface area (Å²) >= 11 is 5.96. The molecule has 0 amide bonds. The molecule has 3 aromatic rings. The van der Waals surface area contributed by atoms with Crippen molar-refractivity contribution in [2.24, 2.45) is 5.92 Å². The molecule has 2 heterocycles. The minimum Gasteiger partial charge on any atom is -0.391 e. The van der Waals surface area contributed by atoms with E-state index in [0.717, 1.165) is 18.2 Å². The van der Waals surface area contributed by atoms with Gasteiger partial charge in [-0.3, -0.25) is 4.79 Å². The smallest absolute Gasteiger partial charge is 0.391 e. The molecule has 7 nitrogen and oxygen atoms in total. The lowest BCUT2D eigenvalue weighted by atomic mass is 9.93. The molecule has 0 spiro atoms. The van der Waals surface area contributed by atoms with Crippen LogP contribution in [0.4, 0.5) is 23.4 Å². The number of alkyl halides is 3. The van der Waals surface area contributed by atoms with Crippen LogP contribution in [0.5, 0.6) is 0 Å². The van der Waals surface area contributed by atoms with Gasteiger partial charge < -0.3 is 20.2 Å². The van der Waals surface area contributed by atoms with E-state index >= 15 is 0 Å². The minimum absolute atomic E-state index is 0.0676. The van der Waals surface area contributed by atoms with Crippen molar-refractivity contribution < 1.29 is 37.7 Å². The fraction of sp³-hybridized carbons (Fsp3) is 0.333. The van der Waals surface area contributed by atoms with Crippen LogP contribution in [0.1, 0.15) is 22.3 Å². The molecule has 1 aromatic heterocycles. The second kappa shape index (κ2) is 8.56. The Bertz CT molecular complexity index is 1210. The van der Waals surface area contributed by atoms with Crippen LogP contribution >= 0.6 is 11.6 Å². The van der Waals surface area contributed by atoms with Crippen LogP contribution in [-0.4, -0.2) is 56.5 Å². The minimum atomic E-state index is -4.87. The van der Waals surface area contributed by atoms with E-state index in [4.69, 9.17) is 11.6 Å². The summed E-state index contributed by atoms with van der Waals surface area (Å²) in [6.45, 7) is -0.0231. The van der Waals surface area contributed by atoms with Gasteiger partial charge in [-0.05, 0) is 30.7 Å². The van der Waals surface area contributed by atoms with Crippen molar-refractivity contribution in [1.82, 2.24) is 9.78 Å². The first kappa shape index (κ1) is 23.4. The summed E-state index contributed by atoms with van der Waals surface area (Å²) in [7, 11) is 0. The van der Waals surface area contributed by atoms with Crippen LogP contribution in [0, 0.1) is 11.7 Å². The van der Waals surface area contributed by atoms with Gasteiger partial charge in [0.05, 0.1) is 33.2 Å². The lowest BCUT2D eigenvalue weighted by Gasteiger charge is -2.36. The highest BCUT2D eigenvalue weighted by molar-refractivity contribution is 6.34. The highest BCUT2D eigenvalue weighted by Crippen LogP contribution is 2.37. The van der Waals surface area contributed by atoms with Gasteiger partial charge in [0.25, 0.3) is 5.91 Å². The third-order valence-electron chi connectivity index (χ3n) is 5.68. The Balaban J connectivity index is 1.84. The molecule has 33 heavy (non-hydrogen) atoms. The van der Waals surface area contributed by atoms with E-state index in [2.05, 4.69) is 5.10 Å². The van der Waals surface area contributed by atoms with Gasteiger partial charge in [0, 0.05) is 19.0 Å². The van der Waals surface area contributed by atoms with Gasteiger partial charge in [-0.15, -0.1) is 5.10 Å². The van der Waals surface area contributed by atoms with Gasteiger partial charge >= 0.3 is 6.18 Å². The van der Waals surface area contributed by atoms with Gasteiger partial charge in [0.2, 0.25) is 0 Å². The molecular formula is C21H18ClF4N3O4. The number of carbonyl (C=O) groups excluding carboxylic acids is 1. The van der Waals surface area contributed by atoms with Gasteiger partial charge in [0.1, 0.15) is 5.82 Å². The maximum absolute atomic E-state index is 14.8. The number of aliphatic hydroxyl groups excluding tert-OH is 2. The molecule has 0 bridgehead atoms. The Morgan fingerprint density at radius 2 is 1.88 bits per heavy atom. The maximum atomic E-state index is 14.8. The third-order valence-corrected chi connectivity index (χ3v) is 5.99. The number of halogens is 5. The largest absolute Gasteiger partial charge is 0.417 e. The first-order valence-electron chi connectivity index (χ1n) is 9.87. The topological polar surface area (TPSA) is 98.8 Å². The molecule has 1 saturated heterocycles. The number of benzene rings is 2. The van der Waals surface area contributed by atoms with Gasteiger partial charge in [-0.1, -0.05) is 23.7 Å². The average molecular weight is 488 g/mol. The van der Waals surface area contributed by atoms with Crippen LogP contribution in [0.25, 0.3) is 10.9 Å². The molecule has 3 N–H and O–H groups in total. The van der Waals surface area contributed by atoms with Gasteiger partial charge in [0.15, 0.2) is 12.1 Å². The quantitative estimate of drug-likeness (QED) is 0.388. The molecule has 1 aliphatic rings. The Kier molecular flexibility index (Phi) is 6.08. The molecule has 2 atom stereocenters. The molecule has 1 fully saturated rings. The first-order chi connectivity index (χ1) is 15.5. The van der Waals surface area contributed by atoms with Crippen LogP contribution in [0.15, 0.2) is 36.4 Å². The Labute approximate surface area is 189 Å². The zero-order chi connectivity index (χ0) is 24.1. The molecule has 12 heteroatoms. The summed E-state index contributed by atoms with van der Waals surface area (Å²) in [6, 6.07) is 6.64. The van der Waals surface area contributed by atoms with E-state index < -0.39 is 52.4 Å². The van der Waals surface area contributed by atoms with Crippen LogP contribution in [0.2, 0.25) is 5.02 Å². The van der Waals surface area contributed by atoms with Crippen molar-refractivity contribution in [2.45, 2.75) is 25.0 Å². The van der Waals surface area contributed by atoms with Crippen molar-refractivity contribution in [2.75, 3.05) is 18.0 Å². The second-order valence-electron chi connectivity index (χ2n) is 7.71. The van der Waals surface area contributed by atoms with Crippen LogP contribution in [-0.2, 0) is 6.18 Å². The van der Waals surface area contributed by atoms with E-state index in [1.807, 2.05) is 0 Å². The summed E-state index contributed by atoms with van der Waals surface area (Å²) in [5, 5.41) is 32.6. The summed E-state index contributed by atoms with van der Waals surface area (Å²) in [5.74, 6) is -2.87. The number of hydrogen-bond donors (Lipinski definition) is 3. The number of hydrogen-bond acceptors (Lipinski definition) is 6. The predicted molar refractivity (Wildman–Crippen MR) is 110 cm³/mol. The van der Waals surface area contributed by atoms with Crippen molar-refractivity contribution in [1.29, 1.82) is 0 Å². The molecule has 0 saturated carbocycles. The van der Waals surface area contributed by atoms with Crippen molar-refractivity contribution >= 4 is 34.2 Å². The Hall–Kier alpha value is -2.73. The third kappa shape index (κ3) is 4.17. The fourth-order valence-corrected chi connectivity index (χ4v) is 4.31. The number of aliphatic hydroxyl groups is 3. The van der Waals surface area contributed by atoms with Gasteiger partial charge in [-0.25, -0.2) is 4.39 Å². The number of piperidine rings is 1. The Morgan fingerprint density at radius 3 is 2.52 bits per heavy atom. The van der Waals surface area contributed by atoms with E-state index in [1.165, 1.54) is 17.0 Å². The molecule has 0 aliphatic carbocycles. The van der Waals surface area contributed by atoms with E-state index in [9.17, 15) is 37.7 Å². The summed E-state index contributed by atoms with van der Waals surface area (Å²) in [4.78, 5) is 14.7. The summed E-state index contributed by atoms with van der Waals surface area (Å²) in [6.07, 6.45) is -7.69. The predicted octanol–water partition coefficient (Wildman–Crippen LogP) is 3.03. The zero-order valence-corrected chi connectivity index (χ0v) is 17.6. The lowest BCUT2D eigenvalue weighted by molar-refractivity contribution is -0.138. The number of nitrogens with zero attached hydrogens (tertiary/aromatic N) is 3. The zero-order valence-electron chi connectivity index (χ0n) is 16.8. The highest BCUT2D eigenvalue weighted by Gasteiger charge is 2.38. The van der Waals surface area contributed by atoms with Crippen molar-refractivity contribution in [3.63, 3.8) is 0 Å². The highest BCUT2D eigenvalue weighted by atomic mass is 35.5. The number of rotatable bonds is 3. The number of aromatic nitrogens is 2. The Morgan fingerprint density at radius 1 is 1.18 bits per heavy atom. The molecule has 1 aliphatic heterocycles. The lowest BCUT2D eigenvalue weighted by Crippen LogP contribution is -2.48. The average Bonchev–Trinajstić information content (AvgIpc) is 3.13. The van der Waals surface area contributed by atoms with Gasteiger partial charge in [-0.2, -0.15) is 17.9 Å². The maximum Gasteiger partial charge on any atom is 0.417 e. The van der Waals surface area contributed by atoms with Crippen LogP contribution in [0.3, 0.4) is 0 Å². The number of fused-ring (bicyclic) bond motifs is 1. The van der Waals surface area contributed by atoms with Crippen molar-refractivity contribution in [3.05, 3.63) is 58.4 Å². The molecular weight excluding hydrogens is 470 g/mol. The standard InChI is InChI=1S/C21H18ClF4N3O4/c22-12-4-1-3-11(21(24,25)26)16(12)19(31)29-14-6-2-5-13(23)17(14)18(27-29)28-8-7-10(20(32)33)15(30)9-28/h1-6,10,15,20,30,32-33H,7-9H2. The molecule has 176 valence electrons. The van der Waals surface area contributed by atoms with E-state index in [-0.39, 0.29) is 36.2 Å². The molecule has 2 unspecified atom stereocenters. The number of β-amino-alcohol motifs (C(OH)–C–C–N with tert-alkyl or cyclic N) is 1. The summed E-state index contributed by atoms with van der Waals surface area (Å²) < 4.78 is 56.1. The van der Waals surface area contributed by atoms with Crippen molar-refractivity contribution in [3.8, 4) is 0 Å². The second-order valence-corrected chi connectivity index (χ2v) is 8.12. The molecule has 4 rings (SSSR count). The van der Waals surface area contributed by atoms with E-state index in [0.29, 0.717) is 10.7 Å². The van der Waals surface area contributed by atoms with Crippen LogP contribution < -0.4 is 4.90 Å². The summed E-state index contributed by atoms with van der Waals surface area (Å²) in [5.41, 5.74) is -2.16. The number of carbonyl (C=O) groups is 1.